The Hall–Kier alpha value is -1.96. The molecule has 0 aliphatic heterocycles. The molecule has 0 radical (unpaired) electrons. The Labute approximate surface area is 89.0 Å². The first-order valence-corrected chi connectivity index (χ1v) is 4.82. The van der Waals surface area contributed by atoms with Crippen molar-refractivity contribution in [2.24, 2.45) is 0 Å². The second-order valence-corrected chi connectivity index (χ2v) is 3.62. The minimum atomic E-state index is 0.298. The molecule has 15 heavy (non-hydrogen) atoms. The van der Waals surface area contributed by atoms with E-state index in [2.05, 4.69) is 0 Å². The Bertz CT molecular complexity index is 474. The zero-order chi connectivity index (χ0) is 10.8. The summed E-state index contributed by atoms with van der Waals surface area (Å²) in [6.45, 7) is 1.98. The van der Waals surface area contributed by atoms with Crippen LogP contribution in [0, 0.1) is 6.92 Å². The zero-order valence-electron chi connectivity index (χ0n) is 8.57. The van der Waals surface area contributed by atoms with Crippen LogP contribution in [0.1, 0.15) is 5.56 Å². The van der Waals surface area contributed by atoms with E-state index < -0.39 is 0 Å². The molecular weight excluding hydrogens is 186 g/mol. The number of aromatic hydroxyl groups is 1. The number of benzene rings is 2. The summed E-state index contributed by atoms with van der Waals surface area (Å²) in [5.74, 6) is 0.298. The Morgan fingerprint density at radius 3 is 2.27 bits per heavy atom. The first-order chi connectivity index (χ1) is 7.16. The lowest BCUT2D eigenvalue weighted by Crippen LogP contribution is -1.86. The van der Waals surface area contributed by atoms with Crippen molar-refractivity contribution < 1.29 is 5.11 Å². The summed E-state index contributed by atoms with van der Waals surface area (Å²) in [6.07, 6.45) is 0. The smallest absolute Gasteiger partial charge is 0.115 e. The predicted molar refractivity (Wildman–Crippen MR) is 62.7 cm³/mol. The highest BCUT2D eigenvalue weighted by molar-refractivity contribution is 5.69. The molecule has 0 aliphatic carbocycles. The largest absolute Gasteiger partial charge is 0.508 e. The van der Waals surface area contributed by atoms with Crippen LogP contribution in [-0.4, -0.2) is 5.11 Å². The van der Waals surface area contributed by atoms with Crippen molar-refractivity contribution in [1.82, 2.24) is 0 Å². The van der Waals surface area contributed by atoms with Crippen molar-refractivity contribution in [2.75, 3.05) is 5.73 Å². The summed E-state index contributed by atoms with van der Waals surface area (Å²) < 4.78 is 0. The summed E-state index contributed by atoms with van der Waals surface area (Å²) in [4.78, 5) is 0. The molecule has 2 aromatic rings. The maximum atomic E-state index is 9.31. The van der Waals surface area contributed by atoms with Crippen LogP contribution >= 0.6 is 0 Å². The van der Waals surface area contributed by atoms with E-state index in [9.17, 15) is 5.11 Å². The van der Waals surface area contributed by atoms with Crippen molar-refractivity contribution in [3.05, 3.63) is 48.0 Å². The normalized spacial score (nSPS) is 10.2. The van der Waals surface area contributed by atoms with Crippen LogP contribution < -0.4 is 5.73 Å². The molecular formula is C13H13NO. The highest BCUT2D eigenvalue weighted by Crippen LogP contribution is 2.26. The van der Waals surface area contributed by atoms with Crippen LogP contribution in [0.3, 0.4) is 0 Å². The molecule has 3 N–H and O–H groups in total. The van der Waals surface area contributed by atoms with Gasteiger partial charge in [0.25, 0.3) is 0 Å². The third-order valence-electron chi connectivity index (χ3n) is 2.43. The van der Waals surface area contributed by atoms with Gasteiger partial charge in [-0.05, 0) is 47.9 Å². The van der Waals surface area contributed by atoms with Gasteiger partial charge in [-0.3, -0.25) is 0 Å². The van der Waals surface area contributed by atoms with Gasteiger partial charge in [0.2, 0.25) is 0 Å². The lowest BCUT2D eigenvalue weighted by molar-refractivity contribution is 0.475. The first kappa shape index (κ1) is 9.59. The number of phenols is 1. The Kier molecular flexibility index (Phi) is 2.34. The second-order valence-electron chi connectivity index (χ2n) is 3.62. The van der Waals surface area contributed by atoms with Crippen LogP contribution in [-0.2, 0) is 0 Å². The van der Waals surface area contributed by atoms with Crippen molar-refractivity contribution in [3.8, 4) is 16.9 Å². The number of phenolic OH excluding ortho intramolecular Hbond substituents is 1. The van der Waals surface area contributed by atoms with E-state index in [0.717, 1.165) is 22.4 Å². The maximum Gasteiger partial charge on any atom is 0.115 e. The number of aryl methyl sites for hydroxylation is 1. The van der Waals surface area contributed by atoms with Gasteiger partial charge in [-0.2, -0.15) is 0 Å². The summed E-state index contributed by atoms with van der Waals surface area (Å²) in [5, 5.41) is 9.31. The third kappa shape index (κ3) is 1.94. The van der Waals surface area contributed by atoms with E-state index in [1.54, 1.807) is 12.1 Å². The van der Waals surface area contributed by atoms with Gasteiger partial charge in [0, 0.05) is 5.69 Å². The third-order valence-corrected chi connectivity index (χ3v) is 2.43. The van der Waals surface area contributed by atoms with Gasteiger partial charge in [0.15, 0.2) is 0 Å². The molecule has 2 heteroatoms. The van der Waals surface area contributed by atoms with E-state index in [-0.39, 0.29) is 0 Å². The molecule has 2 rings (SSSR count). The summed E-state index contributed by atoms with van der Waals surface area (Å²) in [6, 6.07) is 13.1. The number of anilines is 1. The fraction of sp³-hybridized carbons (Fsp3) is 0.0769. The number of hydrogen-bond acceptors (Lipinski definition) is 2. The molecule has 0 amide bonds. The van der Waals surface area contributed by atoms with Crippen LogP contribution in [0.2, 0.25) is 0 Å². The molecule has 0 aromatic heterocycles. The van der Waals surface area contributed by atoms with Gasteiger partial charge in [-0.25, -0.2) is 0 Å². The van der Waals surface area contributed by atoms with E-state index >= 15 is 0 Å². The Balaban J connectivity index is 2.49. The molecule has 0 aliphatic rings. The summed E-state index contributed by atoms with van der Waals surface area (Å²) >= 11 is 0. The molecule has 0 heterocycles. The highest BCUT2D eigenvalue weighted by Gasteiger charge is 2.01. The summed E-state index contributed by atoms with van der Waals surface area (Å²) in [5.41, 5.74) is 9.67. The average molecular weight is 199 g/mol. The lowest BCUT2D eigenvalue weighted by atomic mass is 10.0. The van der Waals surface area contributed by atoms with Gasteiger partial charge < -0.3 is 10.8 Å². The molecule has 0 bridgehead atoms. The number of nitrogens with two attached hydrogens (primary N) is 1. The fourth-order valence-electron chi connectivity index (χ4n) is 1.63. The predicted octanol–water partition coefficient (Wildman–Crippen LogP) is 2.95. The Morgan fingerprint density at radius 2 is 1.67 bits per heavy atom. The lowest BCUT2D eigenvalue weighted by Gasteiger charge is -2.06. The molecule has 0 unspecified atom stereocenters. The highest BCUT2D eigenvalue weighted by atomic mass is 16.3. The van der Waals surface area contributed by atoms with Crippen molar-refractivity contribution in [1.29, 1.82) is 0 Å². The van der Waals surface area contributed by atoms with Gasteiger partial charge in [0.05, 0.1) is 0 Å². The quantitative estimate of drug-likeness (QED) is 0.693. The molecule has 2 aromatic carbocycles. The Morgan fingerprint density at radius 1 is 1.00 bits per heavy atom. The monoisotopic (exact) mass is 199 g/mol. The fourth-order valence-corrected chi connectivity index (χ4v) is 1.63. The van der Waals surface area contributed by atoms with E-state index in [1.807, 2.05) is 37.3 Å². The van der Waals surface area contributed by atoms with Crippen LogP contribution in [0.15, 0.2) is 42.5 Å². The minimum absolute atomic E-state index is 0.298. The zero-order valence-corrected chi connectivity index (χ0v) is 8.57. The molecule has 0 saturated heterocycles. The number of rotatable bonds is 1. The van der Waals surface area contributed by atoms with Gasteiger partial charge >= 0.3 is 0 Å². The van der Waals surface area contributed by atoms with Crippen LogP contribution in [0.4, 0.5) is 5.69 Å². The molecule has 0 atom stereocenters. The van der Waals surface area contributed by atoms with Crippen molar-refractivity contribution in [3.63, 3.8) is 0 Å². The van der Waals surface area contributed by atoms with Gasteiger partial charge in [-0.15, -0.1) is 0 Å². The second kappa shape index (κ2) is 3.65. The SMILES string of the molecule is Cc1cc(O)ccc1-c1ccc(N)cc1. The number of nitrogen functional groups attached to an aromatic ring is 1. The van der Waals surface area contributed by atoms with Crippen molar-refractivity contribution >= 4 is 5.69 Å². The topological polar surface area (TPSA) is 46.2 Å². The van der Waals surface area contributed by atoms with Crippen molar-refractivity contribution in [2.45, 2.75) is 6.92 Å². The van der Waals surface area contributed by atoms with Crippen LogP contribution in [0.5, 0.6) is 5.75 Å². The molecule has 0 fully saturated rings. The molecule has 0 saturated carbocycles. The number of hydrogen-bond donors (Lipinski definition) is 2. The molecule has 76 valence electrons. The summed E-state index contributed by atoms with van der Waals surface area (Å²) in [7, 11) is 0. The van der Waals surface area contributed by atoms with E-state index in [4.69, 9.17) is 5.73 Å². The van der Waals surface area contributed by atoms with E-state index in [1.165, 1.54) is 0 Å². The average Bonchev–Trinajstić information content (AvgIpc) is 2.20. The first-order valence-electron chi connectivity index (χ1n) is 4.82. The van der Waals surface area contributed by atoms with Crippen LogP contribution in [0.25, 0.3) is 11.1 Å². The minimum Gasteiger partial charge on any atom is -0.508 e. The van der Waals surface area contributed by atoms with Gasteiger partial charge in [-0.1, -0.05) is 18.2 Å². The molecule has 2 nitrogen and oxygen atoms in total. The van der Waals surface area contributed by atoms with E-state index in [0.29, 0.717) is 5.75 Å². The van der Waals surface area contributed by atoms with Gasteiger partial charge in [0.1, 0.15) is 5.75 Å². The molecule has 0 spiro atoms. The standard InChI is InChI=1S/C13H13NO/c1-9-8-12(15)6-7-13(9)10-2-4-11(14)5-3-10/h2-8,15H,14H2,1H3. The maximum absolute atomic E-state index is 9.31.